The molecule has 0 aliphatic carbocycles. The fraction of sp³-hybridized carbons (Fsp3) is 0.826. The van der Waals surface area contributed by atoms with E-state index in [1.807, 2.05) is 34.0 Å². The largest absolute Gasteiger partial charge is 0.480 e. The maximum Gasteiger partial charge on any atom is 0.326 e. The van der Waals surface area contributed by atoms with E-state index in [0.29, 0.717) is 38.6 Å². The summed E-state index contributed by atoms with van der Waals surface area (Å²) in [7, 11) is 0. The number of rotatable bonds is 18. The second-order valence-corrected chi connectivity index (χ2v) is 10.4. The van der Waals surface area contributed by atoms with E-state index in [9.17, 15) is 24.3 Å². The van der Waals surface area contributed by atoms with Crippen LogP contribution < -0.4 is 27.4 Å². The lowest BCUT2D eigenvalue weighted by molar-refractivity contribution is -0.142. The molecule has 0 fully saturated rings. The van der Waals surface area contributed by atoms with E-state index in [1.165, 1.54) is 0 Å². The first kappa shape index (κ1) is 32.1. The molecule has 0 aliphatic heterocycles. The molecule has 198 valence electrons. The van der Waals surface area contributed by atoms with Crippen molar-refractivity contribution in [1.29, 1.82) is 0 Å². The third kappa shape index (κ3) is 13.8. The molecule has 4 atom stereocenters. The van der Waals surface area contributed by atoms with Gasteiger partial charge in [0.25, 0.3) is 0 Å². The van der Waals surface area contributed by atoms with Gasteiger partial charge in [-0.2, -0.15) is 11.8 Å². The van der Waals surface area contributed by atoms with Gasteiger partial charge in [-0.1, -0.05) is 27.7 Å². The van der Waals surface area contributed by atoms with Crippen LogP contribution >= 0.6 is 11.8 Å². The van der Waals surface area contributed by atoms with Gasteiger partial charge in [-0.3, -0.25) is 14.4 Å². The Morgan fingerprint density at radius 3 is 1.79 bits per heavy atom. The van der Waals surface area contributed by atoms with Crippen molar-refractivity contribution in [1.82, 2.24) is 16.0 Å². The van der Waals surface area contributed by atoms with Crippen LogP contribution in [0.1, 0.15) is 66.2 Å². The second-order valence-electron chi connectivity index (χ2n) is 9.45. The van der Waals surface area contributed by atoms with Gasteiger partial charge in [0, 0.05) is 0 Å². The number of carbonyl (C=O) groups is 4. The summed E-state index contributed by atoms with van der Waals surface area (Å²) in [6.07, 6.45) is 4.59. The van der Waals surface area contributed by atoms with E-state index >= 15 is 0 Å². The maximum absolute atomic E-state index is 13.1. The molecule has 0 aliphatic rings. The number of nitrogens with two attached hydrogens (primary N) is 2. The maximum atomic E-state index is 13.1. The highest BCUT2D eigenvalue weighted by molar-refractivity contribution is 7.98. The summed E-state index contributed by atoms with van der Waals surface area (Å²) in [6.45, 7) is 8.02. The molecule has 0 saturated carbocycles. The molecule has 3 amide bonds. The summed E-state index contributed by atoms with van der Waals surface area (Å²) >= 11 is 1.58. The minimum Gasteiger partial charge on any atom is -0.480 e. The Balaban J connectivity index is 5.47. The van der Waals surface area contributed by atoms with Gasteiger partial charge in [0.05, 0.1) is 6.04 Å². The third-order valence-electron chi connectivity index (χ3n) is 5.21. The van der Waals surface area contributed by atoms with Gasteiger partial charge in [-0.15, -0.1) is 0 Å². The fourth-order valence-electron chi connectivity index (χ4n) is 3.36. The number of amides is 3. The molecular formula is C23H45N5O5S. The molecule has 10 nitrogen and oxygen atoms in total. The van der Waals surface area contributed by atoms with Crippen LogP contribution in [0.3, 0.4) is 0 Å². The van der Waals surface area contributed by atoms with E-state index in [1.54, 1.807) is 11.8 Å². The molecule has 0 spiro atoms. The Morgan fingerprint density at radius 1 is 0.794 bits per heavy atom. The van der Waals surface area contributed by atoms with Gasteiger partial charge in [0.2, 0.25) is 17.7 Å². The molecule has 0 aromatic heterocycles. The zero-order chi connectivity index (χ0) is 26.3. The zero-order valence-corrected chi connectivity index (χ0v) is 22.1. The number of nitrogens with one attached hydrogen (secondary N) is 3. The van der Waals surface area contributed by atoms with Crippen LogP contribution in [0.4, 0.5) is 0 Å². The number of carbonyl (C=O) groups excluding carboxylic acids is 3. The summed E-state index contributed by atoms with van der Waals surface area (Å²) in [6, 6.07) is -3.58. The standard InChI is InChI=1S/C23H45N5O5S/c1-14(2)12-18(27-20(29)16(25)9-11-34-5)22(31)26-17(8-6-7-10-24)21(30)28-19(23(32)33)13-15(3)4/h14-19H,6-13,24-25H2,1-5H3,(H,26,31)(H,27,29)(H,28,30)(H,32,33). The summed E-state index contributed by atoms with van der Waals surface area (Å²) < 4.78 is 0. The van der Waals surface area contributed by atoms with Gasteiger partial charge in [0.1, 0.15) is 18.1 Å². The molecular weight excluding hydrogens is 458 g/mol. The fourth-order valence-corrected chi connectivity index (χ4v) is 3.85. The van der Waals surface area contributed by atoms with E-state index < -0.39 is 47.9 Å². The Morgan fingerprint density at radius 2 is 1.29 bits per heavy atom. The molecule has 0 heterocycles. The van der Waals surface area contributed by atoms with Crippen LogP contribution in [-0.4, -0.2) is 71.5 Å². The van der Waals surface area contributed by atoms with Crippen LogP contribution in [0.2, 0.25) is 0 Å². The average Bonchev–Trinajstić information content (AvgIpc) is 2.74. The summed E-state index contributed by atoms with van der Waals surface area (Å²) in [5, 5.41) is 17.5. The van der Waals surface area contributed by atoms with Crippen LogP contribution in [-0.2, 0) is 19.2 Å². The number of hydrogen-bond acceptors (Lipinski definition) is 7. The van der Waals surface area contributed by atoms with Crippen molar-refractivity contribution in [3.05, 3.63) is 0 Å². The Labute approximate surface area is 208 Å². The lowest BCUT2D eigenvalue weighted by Crippen LogP contribution is -2.57. The minimum absolute atomic E-state index is 0.0626. The van der Waals surface area contributed by atoms with Crippen LogP contribution in [0.15, 0.2) is 0 Å². The average molecular weight is 504 g/mol. The summed E-state index contributed by atoms with van der Waals surface area (Å²) in [5.74, 6) is -1.72. The lowest BCUT2D eigenvalue weighted by Gasteiger charge is -2.26. The van der Waals surface area contributed by atoms with Gasteiger partial charge in [-0.05, 0) is 68.9 Å². The number of carboxylic acids is 1. The van der Waals surface area contributed by atoms with Gasteiger partial charge in [0.15, 0.2) is 0 Å². The van der Waals surface area contributed by atoms with Crippen molar-refractivity contribution in [3.8, 4) is 0 Å². The highest BCUT2D eigenvalue weighted by atomic mass is 32.2. The van der Waals surface area contributed by atoms with Crippen molar-refractivity contribution in [2.75, 3.05) is 18.6 Å². The molecule has 0 rings (SSSR count). The number of thioether (sulfide) groups is 1. The van der Waals surface area contributed by atoms with Crippen molar-refractivity contribution in [3.63, 3.8) is 0 Å². The molecule has 34 heavy (non-hydrogen) atoms. The van der Waals surface area contributed by atoms with Gasteiger partial charge >= 0.3 is 5.97 Å². The van der Waals surface area contributed by atoms with E-state index in [2.05, 4.69) is 16.0 Å². The highest BCUT2D eigenvalue weighted by Gasteiger charge is 2.30. The molecule has 4 unspecified atom stereocenters. The molecule has 0 saturated heterocycles. The van der Waals surface area contributed by atoms with Crippen LogP contribution in [0.5, 0.6) is 0 Å². The molecule has 8 N–H and O–H groups in total. The predicted octanol–water partition coefficient (Wildman–Crippen LogP) is 0.827. The predicted molar refractivity (Wildman–Crippen MR) is 136 cm³/mol. The zero-order valence-electron chi connectivity index (χ0n) is 21.3. The Hall–Kier alpha value is -1.85. The van der Waals surface area contributed by atoms with E-state index in [4.69, 9.17) is 11.5 Å². The molecule has 0 aromatic carbocycles. The van der Waals surface area contributed by atoms with Crippen molar-refractivity contribution < 1.29 is 24.3 Å². The first-order valence-electron chi connectivity index (χ1n) is 12.0. The van der Waals surface area contributed by atoms with Crippen molar-refractivity contribution in [2.24, 2.45) is 23.3 Å². The third-order valence-corrected chi connectivity index (χ3v) is 5.86. The second kappa shape index (κ2) is 17.6. The number of aliphatic carboxylic acids is 1. The van der Waals surface area contributed by atoms with E-state index in [0.717, 1.165) is 5.75 Å². The van der Waals surface area contributed by atoms with E-state index in [-0.39, 0.29) is 18.3 Å². The monoisotopic (exact) mass is 503 g/mol. The molecule has 0 radical (unpaired) electrons. The SMILES string of the molecule is CSCCC(N)C(=O)NC(CC(C)C)C(=O)NC(CCCCN)C(=O)NC(CC(C)C)C(=O)O. The van der Waals surface area contributed by atoms with Crippen molar-refractivity contribution >= 4 is 35.5 Å². The molecule has 11 heteroatoms. The molecule has 0 bridgehead atoms. The van der Waals surface area contributed by atoms with Gasteiger partial charge < -0.3 is 32.5 Å². The highest BCUT2D eigenvalue weighted by Crippen LogP contribution is 2.10. The normalized spacial score (nSPS) is 14.9. The van der Waals surface area contributed by atoms with Crippen molar-refractivity contribution in [2.45, 2.75) is 90.4 Å². The Kier molecular flexibility index (Phi) is 16.6. The van der Waals surface area contributed by atoms with Crippen LogP contribution in [0, 0.1) is 11.8 Å². The number of hydrogen-bond donors (Lipinski definition) is 6. The molecule has 0 aromatic rings. The van der Waals surface area contributed by atoms with Crippen LogP contribution in [0.25, 0.3) is 0 Å². The first-order chi connectivity index (χ1) is 15.9. The minimum atomic E-state index is -1.13. The summed E-state index contributed by atoms with van der Waals surface area (Å²) in [4.78, 5) is 50.1. The summed E-state index contributed by atoms with van der Waals surface area (Å²) in [5.41, 5.74) is 11.5. The number of unbranched alkanes of at least 4 members (excludes halogenated alkanes) is 1. The first-order valence-corrected chi connectivity index (χ1v) is 13.4. The van der Waals surface area contributed by atoms with Gasteiger partial charge in [-0.25, -0.2) is 4.79 Å². The quantitative estimate of drug-likeness (QED) is 0.149. The topological polar surface area (TPSA) is 177 Å². The lowest BCUT2D eigenvalue weighted by atomic mass is 10.0. The smallest absolute Gasteiger partial charge is 0.326 e. The Bertz CT molecular complexity index is 647. The number of carboxylic acid groups (broad SMARTS) is 1.